The maximum Gasteiger partial charge on any atom is 0.249 e. The van der Waals surface area contributed by atoms with Crippen LogP contribution in [0.5, 0.6) is 0 Å². The number of aromatic amines is 1. The number of primary amides is 1. The molecule has 3 nitrogen and oxygen atoms in total. The number of amides is 1. The molecule has 0 radical (unpaired) electrons. The lowest BCUT2D eigenvalue weighted by Gasteiger charge is -2.07. The summed E-state index contributed by atoms with van der Waals surface area (Å²) in [5.41, 5.74) is 9.57. The standard InChI is InChI=1S/C17H14BrIN2O/c18-12-6-7-15-14(8-12)11(9-21-15)5-4-10-2-1-3-13(16(10)19)17(20)22/h1-3,6-9,21H,4-5H2,(H2,20,22). The summed E-state index contributed by atoms with van der Waals surface area (Å²) >= 11 is 5.72. The summed E-state index contributed by atoms with van der Waals surface area (Å²) in [4.78, 5) is 14.7. The van der Waals surface area contributed by atoms with Crippen LogP contribution in [0.3, 0.4) is 0 Å². The number of nitrogens with two attached hydrogens (primary N) is 1. The summed E-state index contributed by atoms with van der Waals surface area (Å²) in [7, 11) is 0. The van der Waals surface area contributed by atoms with Gasteiger partial charge in [-0.05, 0) is 70.8 Å². The highest BCUT2D eigenvalue weighted by molar-refractivity contribution is 14.1. The second-order valence-electron chi connectivity index (χ2n) is 5.15. The molecule has 3 aromatic rings. The molecule has 0 fully saturated rings. The number of aromatic nitrogens is 1. The number of hydrogen-bond donors (Lipinski definition) is 2. The first-order valence-corrected chi connectivity index (χ1v) is 8.76. The lowest BCUT2D eigenvalue weighted by atomic mass is 10.0. The van der Waals surface area contributed by atoms with E-state index in [0.717, 1.165) is 32.0 Å². The first kappa shape index (κ1) is 15.6. The Morgan fingerprint density at radius 1 is 1.18 bits per heavy atom. The highest BCUT2D eigenvalue weighted by Crippen LogP contribution is 2.25. The first-order valence-electron chi connectivity index (χ1n) is 6.89. The Kier molecular flexibility index (Phi) is 4.54. The van der Waals surface area contributed by atoms with E-state index in [0.29, 0.717) is 5.56 Å². The zero-order valence-corrected chi connectivity index (χ0v) is 15.4. The maximum absolute atomic E-state index is 11.4. The van der Waals surface area contributed by atoms with Crippen molar-refractivity contribution < 1.29 is 4.79 Å². The molecule has 0 unspecified atom stereocenters. The van der Waals surface area contributed by atoms with Crippen molar-refractivity contribution >= 4 is 55.3 Å². The molecule has 0 atom stereocenters. The van der Waals surface area contributed by atoms with Crippen LogP contribution in [0.1, 0.15) is 21.5 Å². The summed E-state index contributed by atoms with van der Waals surface area (Å²) in [6.45, 7) is 0. The van der Waals surface area contributed by atoms with Crippen molar-refractivity contribution in [2.24, 2.45) is 5.73 Å². The van der Waals surface area contributed by atoms with Gasteiger partial charge in [-0.25, -0.2) is 0 Å². The number of hydrogen-bond acceptors (Lipinski definition) is 1. The van der Waals surface area contributed by atoms with Gasteiger partial charge in [-0.15, -0.1) is 0 Å². The fraction of sp³-hybridized carbons (Fsp3) is 0.118. The number of benzene rings is 2. The van der Waals surface area contributed by atoms with Crippen molar-refractivity contribution in [3.63, 3.8) is 0 Å². The van der Waals surface area contributed by atoms with Crippen molar-refractivity contribution in [3.8, 4) is 0 Å². The molecular formula is C17H14BrIN2O. The van der Waals surface area contributed by atoms with Crippen molar-refractivity contribution in [1.82, 2.24) is 4.98 Å². The number of rotatable bonds is 4. The van der Waals surface area contributed by atoms with Gasteiger partial charge in [0, 0.05) is 25.1 Å². The van der Waals surface area contributed by atoms with Crippen molar-refractivity contribution in [2.45, 2.75) is 12.8 Å². The quantitative estimate of drug-likeness (QED) is 0.547. The Morgan fingerprint density at radius 2 is 1.95 bits per heavy atom. The molecule has 0 spiro atoms. The molecule has 1 aromatic heterocycles. The summed E-state index contributed by atoms with van der Waals surface area (Å²) in [5.74, 6) is -0.373. The van der Waals surface area contributed by atoms with Crippen LogP contribution in [0.4, 0.5) is 0 Å². The molecule has 5 heteroatoms. The number of H-pyrrole nitrogens is 1. The lowest BCUT2D eigenvalue weighted by Crippen LogP contribution is -2.13. The van der Waals surface area contributed by atoms with Gasteiger partial charge in [0.15, 0.2) is 0 Å². The largest absolute Gasteiger partial charge is 0.366 e. The molecule has 0 aliphatic carbocycles. The van der Waals surface area contributed by atoms with Crippen LogP contribution in [-0.2, 0) is 12.8 Å². The summed E-state index contributed by atoms with van der Waals surface area (Å²) in [6.07, 6.45) is 3.84. The minimum absolute atomic E-state index is 0.373. The fourth-order valence-corrected chi connectivity index (χ4v) is 3.85. The van der Waals surface area contributed by atoms with E-state index in [1.807, 2.05) is 12.1 Å². The predicted molar refractivity (Wildman–Crippen MR) is 101 cm³/mol. The van der Waals surface area contributed by atoms with E-state index in [4.69, 9.17) is 5.73 Å². The smallest absolute Gasteiger partial charge is 0.249 e. The van der Waals surface area contributed by atoms with Gasteiger partial charge in [-0.3, -0.25) is 4.79 Å². The second-order valence-corrected chi connectivity index (χ2v) is 7.14. The minimum Gasteiger partial charge on any atom is -0.366 e. The van der Waals surface area contributed by atoms with E-state index in [9.17, 15) is 4.79 Å². The van der Waals surface area contributed by atoms with Crippen LogP contribution in [-0.4, -0.2) is 10.9 Å². The topological polar surface area (TPSA) is 58.9 Å². The average molecular weight is 469 g/mol. The van der Waals surface area contributed by atoms with Crippen LogP contribution < -0.4 is 5.73 Å². The third kappa shape index (κ3) is 3.05. The third-order valence-electron chi connectivity index (χ3n) is 3.74. The zero-order chi connectivity index (χ0) is 15.7. The van der Waals surface area contributed by atoms with Crippen molar-refractivity contribution in [2.75, 3.05) is 0 Å². The molecular weight excluding hydrogens is 455 g/mol. The highest BCUT2D eigenvalue weighted by Gasteiger charge is 2.11. The highest BCUT2D eigenvalue weighted by atomic mass is 127. The van der Waals surface area contributed by atoms with E-state index in [-0.39, 0.29) is 5.91 Å². The molecule has 0 saturated carbocycles. The van der Waals surface area contributed by atoms with Crippen molar-refractivity contribution in [1.29, 1.82) is 0 Å². The number of nitrogens with one attached hydrogen (secondary N) is 1. The molecule has 3 N–H and O–H groups in total. The summed E-state index contributed by atoms with van der Waals surface area (Å²) in [6, 6.07) is 12.0. The second kappa shape index (κ2) is 6.42. The average Bonchev–Trinajstić information content (AvgIpc) is 2.88. The van der Waals surface area contributed by atoms with E-state index >= 15 is 0 Å². The van der Waals surface area contributed by atoms with E-state index in [1.165, 1.54) is 10.9 Å². The normalized spacial score (nSPS) is 11.0. The van der Waals surface area contributed by atoms with Gasteiger partial charge in [-0.2, -0.15) is 0 Å². The fourth-order valence-electron chi connectivity index (χ4n) is 2.59. The number of halogens is 2. The third-order valence-corrected chi connectivity index (χ3v) is 5.50. The van der Waals surface area contributed by atoms with Crippen LogP contribution in [0.15, 0.2) is 47.1 Å². The summed E-state index contributed by atoms with van der Waals surface area (Å²) < 4.78 is 2.03. The number of carbonyl (C=O) groups excluding carboxylic acids is 1. The number of fused-ring (bicyclic) bond motifs is 1. The van der Waals surface area contributed by atoms with Gasteiger partial charge in [0.2, 0.25) is 5.91 Å². The number of carbonyl (C=O) groups is 1. The van der Waals surface area contributed by atoms with Gasteiger partial charge in [-0.1, -0.05) is 28.1 Å². The Bertz CT molecular complexity index is 857. The molecule has 0 aliphatic rings. The Balaban J connectivity index is 1.87. The van der Waals surface area contributed by atoms with Gasteiger partial charge < -0.3 is 10.7 Å². The lowest BCUT2D eigenvalue weighted by molar-refractivity contribution is 0.0999. The first-order chi connectivity index (χ1) is 10.6. The molecule has 1 heterocycles. The maximum atomic E-state index is 11.4. The molecule has 0 aliphatic heterocycles. The van der Waals surface area contributed by atoms with Gasteiger partial charge >= 0.3 is 0 Å². The number of aryl methyl sites for hydroxylation is 2. The molecule has 2 aromatic carbocycles. The Labute approximate surface area is 150 Å². The van der Waals surface area contributed by atoms with E-state index < -0.39 is 0 Å². The minimum atomic E-state index is -0.373. The monoisotopic (exact) mass is 468 g/mol. The van der Waals surface area contributed by atoms with Crippen LogP contribution in [0.2, 0.25) is 0 Å². The van der Waals surface area contributed by atoms with Crippen LogP contribution in [0.25, 0.3) is 10.9 Å². The molecule has 1 amide bonds. The molecule has 0 bridgehead atoms. The van der Waals surface area contributed by atoms with Crippen LogP contribution >= 0.6 is 38.5 Å². The molecule has 112 valence electrons. The Morgan fingerprint density at radius 3 is 2.73 bits per heavy atom. The zero-order valence-electron chi connectivity index (χ0n) is 11.7. The van der Waals surface area contributed by atoms with Gasteiger partial charge in [0.1, 0.15) is 0 Å². The molecule has 22 heavy (non-hydrogen) atoms. The van der Waals surface area contributed by atoms with Gasteiger partial charge in [0.05, 0.1) is 5.56 Å². The van der Waals surface area contributed by atoms with E-state index in [1.54, 1.807) is 6.07 Å². The summed E-state index contributed by atoms with van der Waals surface area (Å²) in [5, 5.41) is 1.23. The Hall–Kier alpha value is -1.34. The SMILES string of the molecule is NC(=O)c1cccc(CCc2c[nH]c3ccc(Br)cc23)c1I. The van der Waals surface area contributed by atoms with E-state index in [2.05, 4.69) is 67.9 Å². The van der Waals surface area contributed by atoms with Crippen LogP contribution in [0, 0.1) is 3.57 Å². The van der Waals surface area contributed by atoms with Crippen molar-refractivity contribution in [3.05, 3.63) is 67.3 Å². The predicted octanol–water partition coefficient (Wildman–Crippen LogP) is 4.42. The molecule has 3 rings (SSSR count). The molecule has 0 saturated heterocycles. The van der Waals surface area contributed by atoms with Gasteiger partial charge in [0.25, 0.3) is 0 Å².